The predicted molar refractivity (Wildman–Crippen MR) is 111 cm³/mol. The molecule has 5 nitrogen and oxygen atoms in total. The van der Waals surface area contributed by atoms with Crippen LogP contribution in [-0.2, 0) is 0 Å². The van der Waals surface area contributed by atoms with E-state index >= 15 is 0 Å². The van der Waals surface area contributed by atoms with Gasteiger partial charge in [0.2, 0.25) is 0 Å². The summed E-state index contributed by atoms with van der Waals surface area (Å²) in [6.45, 7) is 2.41. The van der Waals surface area contributed by atoms with Crippen LogP contribution >= 0.6 is 0 Å². The number of nitrogens with zero attached hydrogens (tertiary/aromatic N) is 1. The van der Waals surface area contributed by atoms with Crippen LogP contribution < -0.4 is 5.32 Å². The van der Waals surface area contributed by atoms with Crippen LogP contribution in [0.2, 0.25) is 0 Å². The van der Waals surface area contributed by atoms with Crippen molar-refractivity contribution in [1.29, 1.82) is 0 Å². The fraction of sp³-hybridized carbons (Fsp3) is 0.250. The molecular formula is C24H24N2O3. The summed E-state index contributed by atoms with van der Waals surface area (Å²) in [4.78, 5) is 28.2. The summed E-state index contributed by atoms with van der Waals surface area (Å²) in [6, 6.07) is 19.8. The summed E-state index contributed by atoms with van der Waals surface area (Å²) in [5.41, 5.74) is 1.37. The summed E-state index contributed by atoms with van der Waals surface area (Å²) in [5.74, 6) is 0.444. The number of ketones is 1. The second-order valence-corrected chi connectivity index (χ2v) is 7.23. The van der Waals surface area contributed by atoms with Crippen molar-refractivity contribution in [2.45, 2.75) is 18.9 Å². The maximum atomic E-state index is 13.0. The molecule has 1 aliphatic heterocycles. The topological polar surface area (TPSA) is 62.6 Å². The van der Waals surface area contributed by atoms with E-state index in [0.717, 1.165) is 31.7 Å². The molecule has 1 aliphatic rings. The van der Waals surface area contributed by atoms with E-state index in [1.807, 2.05) is 30.3 Å². The van der Waals surface area contributed by atoms with Gasteiger partial charge >= 0.3 is 0 Å². The summed E-state index contributed by atoms with van der Waals surface area (Å²) in [5, 5.41) is 3.02. The number of amides is 1. The molecule has 4 rings (SSSR count). The van der Waals surface area contributed by atoms with Gasteiger partial charge in [-0.2, -0.15) is 0 Å². The van der Waals surface area contributed by atoms with E-state index < -0.39 is 0 Å². The molecule has 0 aliphatic carbocycles. The lowest BCUT2D eigenvalue weighted by molar-refractivity contribution is 0.0924. The Bertz CT molecular complexity index is 961. The number of carbonyl (C=O) groups excluding carboxylic acids is 2. The highest BCUT2D eigenvalue weighted by molar-refractivity contribution is 6.15. The molecule has 29 heavy (non-hydrogen) atoms. The van der Waals surface area contributed by atoms with Gasteiger partial charge in [-0.15, -0.1) is 0 Å². The van der Waals surface area contributed by atoms with Crippen molar-refractivity contribution in [3.05, 3.63) is 95.4 Å². The Morgan fingerprint density at radius 3 is 2.28 bits per heavy atom. The van der Waals surface area contributed by atoms with E-state index in [-0.39, 0.29) is 17.7 Å². The first-order valence-corrected chi connectivity index (χ1v) is 9.98. The summed E-state index contributed by atoms with van der Waals surface area (Å²) < 4.78 is 5.62. The van der Waals surface area contributed by atoms with Crippen LogP contribution in [0.25, 0.3) is 0 Å². The average molecular weight is 388 g/mol. The normalized spacial score (nSPS) is 15.2. The lowest BCUT2D eigenvalue weighted by atomic mass is 9.98. The van der Waals surface area contributed by atoms with Gasteiger partial charge in [0.15, 0.2) is 5.78 Å². The van der Waals surface area contributed by atoms with Gasteiger partial charge in [-0.1, -0.05) is 48.5 Å². The summed E-state index contributed by atoms with van der Waals surface area (Å²) >= 11 is 0. The van der Waals surface area contributed by atoms with Crippen LogP contribution in [0.15, 0.2) is 77.4 Å². The molecule has 1 atom stereocenters. The maximum absolute atomic E-state index is 13.0. The van der Waals surface area contributed by atoms with E-state index in [9.17, 15) is 9.59 Å². The highest BCUT2D eigenvalue weighted by Gasteiger charge is 2.26. The van der Waals surface area contributed by atoms with Crippen molar-refractivity contribution >= 4 is 11.7 Å². The largest absolute Gasteiger partial charge is 0.468 e. The van der Waals surface area contributed by atoms with Gasteiger partial charge in [-0.3, -0.25) is 14.5 Å². The first kappa shape index (κ1) is 19.2. The quantitative estimate of drug-likeness (QED) is 0.620. The highest BCUT2D eigenvalue weighted by atomic mass is 16.3. The standard InChI is InChI=1S/C24H24N2O3/c27-23(18-9-2-1-3-10-18)19-11-4-5-12-20(19)24(28)25-17-21(22-13-8-16-29-22)26-14-6-7-15-26/h1-5,8-13,16,21H,6-7,14-15,17H2,(H,25,28)/t21-/m1/s1. The van der Waals surface area contributed by atoms with E-state index in [1.165, 1.54) is 0 Å². The molecule has 1 aromatic heterocycles. The minimum atomic E-state index is -0.249. The Kier molecular flexibility index (Phi) is 5.86. The van der Waals surface area contributed by atoms with Crippen molar-refractivity contribution in [2.75, 3.05) is 19.6 Å². The highest BCUT2D eigenvalue weighted by Crippen LogP contribution is 2.25. The number of furan rings is 1. The second kappa shape index (κ2) is 8.88. The number of hydrogen-bond donors (Lipinski definition) is 1. The van der Waals surface area contributed by atoms with Crippen LogP contribution in [0.4, 0.5) is 0 Å². The van der Waals surface area contributed by atoms with Gasteiger partial charge in [0.1, 0.15) is 5.76 Å². The number of likely N-dealkylation sites (tertiary alicyclic amines) is 1. The molecule has 1 amide bonds. The predicted octanol–water partition coefficient (Wildman–Crippen LogP) is 4.08. The van der Waals surface area contributed by atoms with Crippen LogP contribution in [0.3, 0.4) is 0 Å². The Balaban J connectivity index is 1.52. The average Bonchev–Trinajstić information content (AvgIpc) is 3.49. The molecule has 0 saturated carbocycles. The molecule has 1 N–H and O–H groups in total. The van der Waals surface area contributed by atoms with Gasteiger partial charge in [0.25, 0.3) is 5.91 Å². The third-order valence-corrected chi connectivity index (χ3v) is 5.36. The van der Waals surface area contributed by atoms with Crippen LogP contribution in [0.5, 0.6) is 0 Å². The SMILES string of the molecule is O=C(NC[C@H](c1ccco1)N1CCCC1)c1ccccc1C(=O)c1ccccc1. The van der Waals surface area contributed by atoms with Crippen molar-refractivity contribution in [3.63, 3.8) is 0 Å². The van der Waals surface area contributed by atoms with E-state index in [4.69, 9.17) is 4.42 Å². The first-order chi connectivity index (χ1) is 14.2. The lowest BCUT2D eigenvalue weighted by Crippen LogP contribution is -2.37. The van der Waals surface area contributed by atoms with Crippen molar-refractivity contribution in [1.82, 2.24) is 10.2 Å². The van der Waals surface area contributed by atoms with E-state index in [2.05, 4.69) is 10.2 Å². The molecule has 2 aromatic carbocycles. The van der Waals surface area contributed by atoms with Crippen LogP contribution in [0.1, 0.15) is 50.9 Å². The monoisotopic (exact) mass is 388 g/mol. The van der Waals surface area contributed by atoms with E-state index in [1.54, 1.807) is 42.7 Å². The molecule has 0 bridgehead atoms. The molecule has 3 aromatic rings. The molecule has 0 spiro atoms. The van der Waals surface area contributed by atoms with Gasteiger partial charge < -0.3 is 9.73 Å². The minimum absolute atomic E-state index is 0.00608. The first-order valence-electron chi connectivity index (χ1n) is 9.98. The molecule has 1 fully saturated rings. The lowest BCUT2D eigenvalue weighted by Gasteiger charge is -2.26. The molecule has 0 radical (unpaired) electrons. The fourth-order valence-electron chi connectivity index (χ4n) is 3.85. The fourth-order valence-corrected chi connectivity index (χ4v) is 3.85. The van der Waals surface area contributed by atoms with E-state index in [0.29, 0.717) is 23.2 Å². The zero-order chi connectivity index (χ0) is 20.1. The number of benzene rings is 2. The van der Waals surface area contributed by atoms with Crippen LogP contribution in [0, 0.1) is 0 Å². The number of nitrogens with one attached hydrogen (secondary N) is 1. The van der Waals surface area contributed by atoms with Gasteiger partial charge in [0.05, 0.1) is 17.9 Å². The Morgan fingerprint density at radius 2 is 1.59 bits per heavy atom. The third kappa shape index (κ3) is 4.30. The third-order valence-electron chi connectivity index (χ3n) is 5.36. The molecule has 148 valence electrons. The number of rotatable bonds is 7. The van der Waals surface area contributed by atoms with Crippen LogP contribution in [-0.4, -0.2) is 36.2 Å². The van der Waals surface area contributed by atoms with Crippen molar-refractivity contribution in [3.8, 4) is 0 Å². The Hall–Kier alpha value is -3.18. The molecule has 0 unspecified atom stereocenters. The maximum Gasteiger partial charge on any atom is 0.252 e. The Morgan fingerprint density at radius 1 is 0.897 bits per heavy atom. The second-order valence-electron chi connectivity index (χ2n) is 7.23. The summed E-state index contributed by atoms with van der Waals surface area (Å²) in [7, 11) is 0. The van der Waals surface area contributed by atoms with Gasteiger partial charge in [0, 0.05) is 17.7 Å². The molecule has 1 saturated heterocycles. The number of carbonyl (C=O) groups is 2. The smallest absolute Gasteiger partial charge is 0.252 e. The van der Waals surface area contributed by atoms with Gasteiger partial charge in [-0.25, -0.2) is 0 Å². The Labute approximate surface area is 170 Å². The van der Waals surface area contributed by atoms with Crippen molar-refractivity contribution < 1.29 is 14.0 Å². The molecule has 5 heteroatoms. The van der Waals surface area contributed by atoms with Crippen molar-refractivity contribution in [2.24, 2.45) is 0 Å². The minimum Gasteiger partial charge on any atom is -0.468 e. The zero-order valence-electron chi connectivity index (χ0n) is 16.2. The van der Waals surface area contributed by atoms with Gasteiger partial charge in [-0.05, 0) is 44.1 Å². The zero-order valence-corrected chi connectivity index (χ0v) is 16.2. The summed E-state index contributed by atoms with van der Waals surface area (Å²) in [6.07, 6.45) is 3.97. The molecular weight excluding hydrogens is 364 g/mol. The number of hydrogen-bond acceptors (Lipinski definition) is 4. The molecule has 2 heterocycles.